The molecular formula is C7H24NP2-. The highest BCUT2D eigenvalue weighted by molar-refractivity contribution is 7.55. The van der Waals surface area contributed by atoms with Gasteiger partial charge in [-0.25, -0.2) is 0 Å². The maximum absolute atomic E-state index is 2.23. The highest BCUT2D eigenvalue weighted by Gasteiger charge is 1.66. The average molecular weight is 184 g/mol. The fourth-order valence-electron chi connectivity index (χ4n) is 0. The second kappa shape index (κ2) is 16.4. The molecular weight excluding hydrogens is 160 g/mol. The van der Waals surface area contributed by atoms with Gasteiger partial charge in [-0.1, -0.05) is 0 Å². The van der Waals surface area contributed by atoms with Crippen molar-refractivity contribution in [2.45, 2.75) is 0 Å². The molecule has 0 aliphatic carbocycles. The average Bonchev–Trinajstić information content (AvgIpc) is 1.25. The molecule has 0 aromatic heterocycles. The summed E-state index contributed by atoms with van der Waals surface area (Å²) in [6.45, 7) is 13.4. The van der Waals surface area contributed by atoms with E-state index in [1.54, 1.807) is 0 Å². The van der Waals surface area contributed by atoms with Gasteiger partial charge in [0.25, 0.3) is 0 Å². The van der Waals surface area contributed by atoms with Gasteiger partial charge in [0.2, 0.25) is 0 Å². The van der Waals surface area contributed by atoms with E-state index in [0.717, 1.165) is 0 Å². The molecule has 0 aromatic rings. The Morgan fingerprint density at radius 1 is 0.600 bits per heavy atom. The van der Waals surface area contributed by atoms with Gasteiger partial charge in [0.1, 0.15) is 0 Å². The Labute approximate surface area is 70.1 Å². The first kappa shape index (κ1) is 22.4. The second-order valence-corrected chi connectivity index (χ2v) is 8.05. The van der Waals surface area contributed by atoms with Crippen LogP contribution in [0, 0.1) is 7.43 Å². The van der Waals surface area contributed by atoms with E-state index >= 15 is 0 Å². The van der Waals surface area contributed by atoms with Crippen molar-refractivity contribution in [1.82, 2.24) is 6.15 Å². The van der Waals surface area contributed by atoms with Gasteiger partial charge in [-0.3, -0.25) is 0 Å². The van der Waals surface area contributed by atoms with Gasteiger partial charge < -0.3 is 13.6 Å². The van der Waals surface area contributed by atoms with E-state index < -0.39 is 0 Å². The Morgan fingerprint density at radius 3 is 0.600 bits per heavy atom. The molecule has 0 bridgehead atoms. The quantitative estimate of drug-likeness (QED) is 0.455. The van der Waals surface area contributed by atoms with Gasteiger partial charge in [-0.15, -0.1) is 15.8 Å². The minimum absolute atomic E-state index is 0. The number of hydrogen-bond acceptors (Lipinski definition) is 1. The summed E-state index contributed by atoms with van der Waals surface area (Å²) in [6, 6.07) is 0. The van der Waals surface area contributed by atoms with Crippen molar-refractivity contribution in [3.05, 3.63) is 7.43 Å². The topological polar surface area (TPSA) is 35.0 Å². The van der Waals surface area contributed by atoms with E-state index in [1.807, 2.05) is 0 Å². The van der Waals surface area contributed by atoms with Crippen molar-refractivity contribution in [2.24, 2.45) is 0 Å². The van der Waals surface area contributed by atoms with Crippen LogP contribution in [0.3, 0.4) is 0 Å². The summed E-state index contributed by atoms with van der Waals surface area (Å²) < 4.78 is 0. The molecule has 10 heavy (non-hydrogen) atoms. The van der Waals surface area contributed by atoms with Crippen LogP contribution in [-0.4, -0.2) is 40.0 Å². The Kier molecular flexibility index (Phi) is 36.8. The van der Waals surface area contributed by atoms with E-state index in [2.05, 4.69) is 40.0 Å². The van der Waals surface area contributed by atoms with Crippen LogP contribution in [0.25, 0.3) is 0 Å². The molecule has 0 radical (unpaired) electrons. The summed E-state index contributed by atoms with van der Waals surface area (Å²) in [5.74, 6) is 0. The van der Waals surface area contributed by atoms with Gasteiger partial charge in [0.05, 0.1) is 0 Å². The monoisotopic (exact) mass is 184 g/mol. The van der Waals surface area contributed by atoms with Crippen LogP contribution < -0.4 is 6.15 Å². The minimum atomic E-state index is 0. The second-order valence-electron chi connectivity index (χ2n) is 2.68. The van der Waals surface area contributed by atoms with E-state index in [4.69, 9.17) is 0 Å². The maximum atomic E-state index is 2.23. The Balaban J connectivity index is -0.0000000300. The first-order chi connectivity index (χ1) is 3.46. The van der Waals surface area contributed by atoms with Gasteiger partial charge in [-0.05, 0) is 40.0 Å². The highest BCUT2D eigenvalue weighted by atomic mass is 31.1. The Morgan fingerprint density at radius 2 is 0.600 bits per heavy atom. The molecule has 0 rings (SSSR count). The third-order valence-corrected chi connectivity index (χ3v) is 0. The Hall–Kier alpha value is 0.820. The number of rotatable bonds is 0. The van der Waals surface area contributed by atoms with Crippen LogP contribution in [0.4, 0.5) is 0 Å². The first-order valence-electron chi connectivity index (χ1n) is 2.68. The van der Waals surface area contributed by atoms with E-state index in [0.29, 0.717) is 15.8 Å². The third-order valence-electron chi connectivity index (χ3n) is 0. The van der Waals surface area contributed by atoms with Crippen LogP contribution in [0.2, 0.25) is 0 Å². The summed E-state index contributed by atoms with van der Waals surface area (Å²) >= 11 is 0. The van der Waals surface area contributed by atoms with Crippen molar-refractivity contribution in [3.8, 4) is 0 Å². The summed E-state index contributed by atoms with van der Waals surface area (Å²) in [4.78, 5) is 0. The predicted molar refractivity (Wildman–Crippen MR) is 60.8 cm³/mol. The largest absolute Gasteiger partial charge is 0.358 e. The maximum Gasteiger partial charge on any atom is -0.0449 e. The molecule has 0 aliphatic rings. The molecule has 0 saturated carbocycles. The summed E-state index contributed by atoms with van der Waals surface area (Å²) in [5.41, 5.74) is 0. The smallest absolute Gasteiger partial charge is 0.0449 e. The Bertz CT molecular complexity index is 27.1. The molecule has 1 nitrogen and oxygen atoms in total. The highest BCUT2D eigenvalue weighted by Crippen LogP contribution is 2.14. The van der Waals surface area contributed by atoms with Crippen molar-refractivity contribution >= 4 is 15.8 Å². The van der Waals surface area contributed by atoms with Crippen molar-refractivity contribution < 1.29 is 0 Å². The van der Waals surface area contributed by atoms with Gasteiger partial charge >= 0.3 is 0 Å². The lowest BCUT2D eigenvalue weighted by molar-refractivity contribution is 2.13. The van der Waals surface area contributed by atoms with Crippen LogP contribution in [-0.2, 0) is 0 Å². The van der Waals surface area contributed by atoms with Gasteiger partial charge in [0, 0.05) is 0 Å². The lowest BCUT2D eigenvalue weighted by Gasteiger charge is -1.81. The van der Waals surface area contributed by atoms with Gasteiger partial charge in [0.15, 0.2) is 0 Å². The molecule has 68 valence electrons. The third kappa shape index (κ3) is 802. The van der Waals surface area contributed by atoms with Crippen molar-refractivity contribution in [1.29, 1.82) is 0 Å². The SMILES string of the molecule is CP(C)C.CP(C)C.N.[CH3-]. The fraction of sp³-hybridized carbons (Fsp3) is 0.857. The summed E-state index contributed by atoms with van der Waals surface area (Å²) in [7, 11) is 0.759. The van der Waals surface area contributed by atoms with E-state index in [1.165, 1.54) is 0 Å². The predicted octanol–water partition coefficient (Wildman–Crippen LogP) is 3.33. The van der Waals surface area contributed by atoms with Crippen LogP contribution in [0.1, 0.15) is 0 Å². The van der Waals surface area contributed by atoms with Crippen molar-refractivity contribution in [2.75, 3.05) is 40.0 Å². The molecule has 0 aromatic carbocycles. The molecule has 0 atom stereocenters. The molecule has 3 heteroatoms. The lowest BCUT2D eigenvalue weighted by Crippen LogP contribution is -1.48. The van der Waals surface area contributed by atoms with Gasteiger partial charge in [-0.2, -0.15) is 0 Å². The molecule has 0 saturated heterocycles. The summed E-state index contributed by atoms with van der Waals surface area (Å²) in [6.07, 6.45) is 0. The molecule has 0 unspecified atom stereocenters. The zero-order valence-electron chi connectivity index (χ0n) is 8.60. The summed E-state index contributed by atoms with van der Waals surface area (Å²) in [5, 5.41) is 0. The first-order valence-corrected chi connectivity index (χ1v) is 8.05. The van der Waals surface area contributed by atoms with Crippen LogP contribution in [0.5, 0.6) is 0 Å². The fourth-order valence-corrected chi connectivity index (χ4v) is 0. The lowest BCUT2D eigenvalue weighted by atomic mass is 11.9. The zero-order chi connectivity index (χ0) is 7.15. The van der Waals surface area contributed by atoms with E-state index in [-0.39, 0.29) is 13.6 Å². The molecule has 0 amide bonds. The zero-order valence-corrected chi connectivity index (χ0v) is 10.4. The van der Waals surface area contributed by atoms with Crippen LogP contribution in [0.15, 0.2) is 0 Å². The van der Waals surface area contributed by atoms with Crippen molar-refractivity contribution in [3.63, 3.8) is 0 Å². The molecule has 3 N–H and O–H groups in total. The van der Waals surface area contributed by atoms with E-state index in [9.17, 15) is 0 Å². The number of hydrogen-bond donors (Lipinski definition) is 1. The van der Waals surface area contributed by atoms with Crippen LogP contribution >= 0.6 is 15.8 Å². The standard InChI is InChI=1S/2C3H9P.CH3.H3N/c2*1-4(2)3;;/h2*1-3H3;2*1H3/q;;-1;. The molecule has 0 spiro atoms. The molecule has 0 fully saturated rings. The minimum Gasteiger partial charge on any atom is -0.358 e. The molecule has 0 heterocycles. The normalized spacial score (nSPS) is 7.20. The molecule has 0 aliphatic heterocycles.